The molecule has 5 nitrogen and oxygen atoms in total. The Balaban J connectivity index is 1.73. The van der Waals surface area contributed by atoms with Crippen molar-refractivity contribution in [3.63, 3.8) is 0 Å². The van der Waals surface area contributed by atoms with E-state index in [1.807, 2.05) is 0 Å². The molecule has 2 atom stereocenters. The van der Waals surface area contributed by atoms with Crippen molar-refractivity contribution in [1.82, 2.24) is 4.90 Å². The second kappa shape index (κ2) is 6.20. The third kappa shape index (κ3) is 3.68. The van der Waals surface area contributed by atoms with E-state index in [9.17, 15) is 9.90 Å². The van der Waals surface area contributed by atoms with Crippen molar-refractivity contribution in [2.45, 2.75) is 31.8 Å². The number of amides is 1. The van der Waals surface area contributed by atoms with E-state index < -0.39 is 5.60 Å². The minimum absolute atomic E-state index is 0.102. The molecule has 0 aromatic carbocycles. The molecule has 1 aliphatic heterocycles. The van der Waals surface area contributed by atoms with Crippen molar-refractivity contribution in [3.8, 4) is 0 Å². The van der Waals surface area contributed by atoms with Gasteiger partial charge in [-0.25, -0.2) is 0 Å². The van der Waals surface area contributed by atoms with Crippen LogP contribution in [0.5, 0.6) is 0 Å². The van der Waals surface area contributed by atoms with Gasteiger partial charge in [0.25, 0.3) is 5.91 Å². The molecule has 1 saturated carbocycles. The van der Waals surface area contributed by atoms with Crippen LogP contribution in [0, 0.1) is 11.8 Å². The number of aliphatic hydroxyl groups is 1. The quantitative estimate of drug-likeness (QED) is 0.691. The highest BCUT2D eigenvalue weighted by Gasteiger charge is 2.48. The summed E-state index contributed by atoms with van der Waals surface area (Å²) in [5.74, 6) is 0.446. The summed E-state index contributed by atoms with van der Waals surface area (Å²) in [5.41, 5.74) is -1.16. The number of carbonyl (C=O) groups excluding carboxylic acids is 1. The van der Waals surface area contributed by atoms with Gasteiger partial charge >= 0.3 is 0 Å². The highest BCUT2D eigenvalue weighted by molar-refractivity contribution is 5.85. The van der Waals surface area contributed by atoms with E-state index in [0.29, 0.717) is 32.3 Å². The van der Waals surface area contributed by atoms with Crippen molar-refractivity contribution < 1.29 is 19.4 Å². The Labute approximate surface area is 114 Å². The second-order valence-electron chi connectivity index (χ2n) is 5.90. The number of nitrogens with zero attached hydrogens (tertiary/aromatic N) is 1. The van der Waals surface area contributed by atoms with E-state index in [1.54, 1.807) is 18.9 Å². The van der Waals surface area contributed by atoms with Gasteiger partial charge in [-0.2, -0.15) is 0 Å². The van der Waals surface area contributed by atoms with E-state index in [-0.39, 0.29) is 11.8 Å². The lowest BCUT2D eigenvalue weighted by Crippen LogP contribution is -2.47. The fraction of sp³-hybridized carbons (Fsp3) is 0.929. The number of rotatable bonds is 7. The van der Waals surface area contributed by atoms with Gasteiger partial charge in [-0.3, -0.25) is 4.79 Å². The predicted octanol–water partition coefficient (Wildman–Crippen LogP) is 0.659. The van der Waals surface area contributed by atoms with Gasteiger partial charge in [0.2, 0.25) is 0 Å². The lowest BCUT2D eigenvalue weighted by Gasteiger charge is -2.28. The summed E-state index contributed by atoms with van der Waals surface area (Å²) >= 11 is 0. The molecule has 2 rings (SSSR count). The van der Waals surface area contributed by atoms with Crippen LogP contribution in [0.15, 0.2) is 0 Å². The van der Waals surface area contributed by atoms with Gasteiger partial charge in [0.05, 0.1) is 19.8 Å². The number of likely N-dealkylation sites (tertiary alicyclic amines) is 1. The third-order valence-corrected chi connectivity index (χ3v) is 4.16. The van der Waals surface area contributed by atoms with Crippen molar-refractivity contribution in [2.75, 3.05) is 40.0 Å². The normalized spacial score (nSPS) is 26.5. The molecule has 1 aliphatic carbocycles. The standard InChI is InChI=1S/C14H25NO4/c1-14(17,12-3-4-12)13(16)15-6-5-11(9-15)10-19-8-7-18-2/h11-12,17H,3-10H2,1-2H3/t11-,14-/m0/s1. The van der Waals surface area contributed by atoms with E-state index in [4.69, 9.17) is 9.47 Å². The molecule has 0 unspecified atom stereocenters. The molecule has 1 amide bonds. The van der Waals surface area contributed by atoms with Crippen LogP contribution in [0.4, 0.5) is 0 Å². The molecule has 0 bridgehead atoms. The molecule has 110 valence electrons. The van der Waals surface area contributed by atoms with Crippen molar-refractivity contribution in [3.05, 3.63) is 0 Å². The first kappa shape index (κ1) is 14.8. The molecule has 1 saturated heterocycles. The molecule has 1 heterocycles. The van der Waals surface area contributed by atoms with Crippen LogP contribution in [-0.2, 0) is 14.3 Å². The van der Waals surface area contributed by atoms with Gasteiger partial charge in [-0.05, 0) is 32.1 Å². The van der Waals surface area contributed by atoms with Crippen LogP contribution in [0.2, 0.25) is 0 Å². The predicted molar refractivity (Wildman–Crippen MR) is 70.7 cm³/mol. The maximum Gasteiger partial charge on any atom is 0.254 e. The summed E-state index contributed by atoms with van der Waals surface area (Å²) in [6, 6.07) is 0. The van der Waals surface area contributed by atoms with Crippen LogP contribution in [0.1, 0.15) is 26.2 Å². The van der Waals surface area contributed by atoms with Crippen molar-refractivity contribution in [2.24, 2.45) is 11.8 Å². The first-order chi connectivity index (χ1) is 9.05. The molecular weight excluding hydrogens is 246 g/mol. The fourth-order valence-corrected chi connectivity index (χ4v) is 2.69. The van der Waals surface area contributed by atoms with Gasteiger partial charge < -0.3 is 19.5 Å². The zero-order valence-corrected chi connectivity index (χ0v) is 11.9. The zero-order chi connectivity index (χ0) is 13.9. The molecule has 2 fully saturated rings. The minimum Gasteiger partial charge on any atom is -0.382 e. The lowest BCUT2D eigenvalue weighted by molar-refractivity contribution is -0.150. The lowest BCUT2D eigenvalue weighted by atomic mass is 9.99. The van der Waals surface area contributed by atoms with Gasteiger partial charge in [0, 0.05) is 26.1 Å². The molecule has 5 heteroatoms. The third-order valence-electron chi connectivity index (χ3n) is 4.16. The zero-order valence-electron chi connectivity index (χ0n) is 11.9. The van der Waals surface area contributed by atoms with Gasteiger partial charge in [-0.15, -0.1) is 0 Å². The molecule has 1 N–H and O–H groups in total. The largest absolute Gasteiger partial charge is 0.382 e. The highest BCUT2D eigenvalue weighted by atomic mass is 16.5. The number of hydrogen-bond donors (Lipinski definition) is 1. The van der Waals surface area contributed by atoms with E-state index in [1.165, 1.54) is 0 Å². The second-order valence-corrected chi connectivity index (χ2v) is 5.90. The van der Waals surface area contributed by atoms with Crippen LogP contribution in [-0.4, -0.2) is 61.5 Å². The van der Waals surface area contributed by atoms with Crippen LogP contribution >= 0.6 is 0 Å². The Morgan fingerprint density at radius 3 is 2.74 bits per heavy atom. The maximum absolute atomic E-state index is 12.3. The topological polar surface area (TPSA) is 59.0 Å². The van der Waals surface area contributed by atoms with E-state index in [2.05, 4.69) is 0 Å². The minimum atomic E-state index is -1.16. The SMILES string of the molecule is COCCOC[C@H]1CCN(C(=O)[C@@](C)(O)C2CC2)C1. The van der Waals surface area contributed by atoms with Gasteiger partial charge in [-0.1, -0.05) is 0 Å². The summed E-state index contributed by atoms with van der Waals surface area (Å²) in [7, 11) is 1.65. The van der Waals surface area contributed by atoms with Gasteiger partial charge in [0.1, 0.15) is 5.60 Å². The van der Waals surface area contributed by atoms with Crippen LogP contribution in [0.25, 0.3) is 0 Å². The Kier molecular flexibility index (Phi) is 4.81. The van der Waals surface area contributed by atoms with Crippen LogP contribution < -0.4 is 0 Å². The molecule has 19 heavy (non-hydrogen) atoms. The fourth-order valence-electron chi connectivity index (χ4n) is 2.69. The number of carbonyl (C=O) groups is 1. The molecule has 0 aromatic rings. The smallest absolute Gasteiger partial charge is 0.254 e. The van der Waals surface area contributed by atoms with E-state index >= 15 is 0 Å². The molecule has 0 radical (unpaired) electrons. The molecule has 0 spiro atoms. The summed E-state index contributed by atoms with van der Waals surface area (Å²) < 4.78 is 10.4. The summed E-state index contributed by atoms with van der Waals surface area (Å²) in [5, 5.41) is 10.3. The first-order valence-corrected chi connectivity index (χ1v) is 7.14. The average Bonchev–Trinajstić information content (AvgIpc) is 3.15. The summed E-state index contributed by atoms with van der Waals surface area (Å²) in [6.07, 6.45) is 2.89. The summed E-state index contributed by atoms with van der Waals surface area (Å²) in [6.45, 7) is 4.97. The highest BCUT2D eigenvalue weighted by Crippen LogP contribution is 2.41. The van der Waals surface area contributed by atoms with Crippen molar-refractivity contribution in [1.29, 1.82) is 0 Å². The van der Waals surface area contributed by atoms with Gasteiger partial charge in [0.15, 0.2) is 0 Å². The van der Waals surface area contributed by atoms with E-state index in [0.717, 1.165) is 25.8 Å². The Morgan fingerprint density at radius 1 is 1.37 bits per heavy atom. The Bertz CT molecular complexity index is 315. The average molecular weight is 271 g/mol. The maximum atomic E-state index is 12.3. The molecular formula is C14H25NO4. The summed E-state index contributed by atoms with van der Waals surface area (Å²) in [4.78, 5) is 14.1. The molecule has 2 aliphatic rings. The Hall–Kier alpha value is -0.650. The van der Waals surface area contributed by atoms with Crippen LogP contribution in [0.3, 0.4) is 0 Å². The number of hydrogen-bond acceptors (Lipinski definition) is 4. The number of methoxy groups -OCH3 is 1. The monoisotopic (exact) mass is 271 g/mol. The number of ether oxygens (including phenoxy) is 2. The Morgan fingerprint density at radius 2 is 2.11 bits per heavy atom. The van der Waals surface area contributed by atoms with Crippen molar-refractivity contribution >= 4 is 5.91 Å². The first-order valence-electron chi connectivity index (χ1n) is 7.14. The molecule has 0 aromatic heterocycles.